The molecule has 0 saturated carbocycles. The van der Waals surface area contributed by atoms with Gasteiger partial charge in [0.2, 0.25) is 5.91 Å². The van der Waals surface area contributed by atoms with E-state index >= 15 is 0 Å². The van der Waals surface area contributed by atoms with Crippen molar-refractivity contribution >= 4 is 17.7 Å². The van der Waals surface area contributed by atoms with E-state index in [-0.39, 0.29) is 17.6 Å². The van der Waals surface area contributed by atoms with E-state index in [2.05, 4.69) is 5.32 Å². The van der Waals surface area contributed by atoms with Crippen LogP contribution in [0.5, 0.6) is 0 Å². The predicted octanol–water partition coefficient (Wildman–Crippen LogP) is 1.86. The number of nitrogens with one attached hydrogen (secondary N) is 1. The van der Waals surface area contributed by atoms with Gasteiger partial charge in [0.1, 0.15) is 6.04 Å². The summed E-state index contributed by atoms with van der Waals surface area (Å²) >= 11 is 1.96. The highest BCUT2D eigenvalue weighted by molar-refractivity contribution is 7.99. The Bertz CT molecular complexity index is 488. The van der Waals surface area contributed by atoms with E-state index in [1.165, 1.54) is 5.75 Å². The van der Waals surface area contributed by atoms with Gasteiger partial charge in [-0.25, -0.2) is 0 Å². The summed E-state index contributed by atoms with van der Waals surface area (Å²) in [5.74, 6) is 1.92. The van der Waals surface area contributed by atoms with Crippen LogP contribution in [-0.4, -0.2) is 35.7 Å². The predicted molar refractivity (Wildman–Crippen MR) is 85.2 cm³/mol. The molecular formula is C16H22N2O2S. The quantitative estimate of drug-likeness (QED) is 0.891. The van der Waals surface area contributed by atoms with E-state index in [1.54, 1.807) is 0 Å². The molecule has 5 heteroatoms. The van der Waals surface area contributed by atoms with Crippen LogP contribution in [0, 0.1) is 0 Å². The van der Waals surface area contributed by atoms with Crippen molar-refractivity contribution in [2.24, 2.45) is 5.73 Å². The fraction of sp³-hybridized carbons (Fsp3) is 0.562. The van der Waals surface area contributed by atoms with Gasteiger partial charge >= 0.3 is 0 Å². The Morgan fingerprint density at radius 2 is 2.24 bits per heavy atom. The molecule has 0 aliphatic carbocycles. The average Bonchev–Trinajstić information content (AvgIpc) is 2.93. The first-order valence-corrected chi connectivity index (χ1v) is 8.66. The summed E-state index contributed by atoms with van der Waals surface area (Å²) in [4.78, 5) is 11.8. The van der Waals surface area contributed by atoms with Gasteiger partial charge in [-0.2, -0.15) is 11.8 Å². The number of hydrogen-bond acceptors (Lipinski definition) is 4. The summed E-state index contributed by atoms with van der Waals surface area (Å²) in [5.41, 5.74) is 6.54. The van der Waals surface area contributed by atoms with Crippen LogP contribution < -0.4 is 11.1 Å². The molecule has 1 amide bonds. The number of carbonyl (C=O) groups is 1. The molecule has 2 heterocycles. The molecule has 1 aromatic rings. The highest BCUT2D eigenvalue weighted by Crippen LogP contribution is 2.38. The Morgan fingerprint density at radius 3 is 2.90 bits per heavy atom. The molecule has 0 bridgehead atoms. The minimum atomic E-state index is -0.416. The van der Waals surface area contributed by atoms with Crippen molar-refractivity contribution in [3.63, 3.8) is 0 Å². The zero-order valence-corrected chi connectivity index (χ0v) is 12.9. The summed E-state index contributed by atoms with van der Waals surface area (Å²) in [6, 6.07) is 9.58. The molecule has 3 unspecified atom stereocenters. The normalized spacial score (nSPS) is 30.4. The largest absolute Gasteiger partial charge is 0.374 e. The van der Waals surface area contributed by atoms with E-state index in [9.17, 15) is 4.79 Å². The third-order valence-electron chi connectivity index (χ3n) is 4.38. The van der Waals surface area contributed by atoms with Crippen LogP contribution in [0.15, 0.2) is 30.3 Å². The fourth-order valence-corrected chi connectivity index (χ4v) is 4.64. The molecule has 1 aromatic carbocycles. The molecule has 114 valence electrons. The Labute approximate surface area is 129 Å². The molecule has 2 aliphatic rings. The van der Waals surface area contributed by atoms with Crippen LogP contribution in [0.3, 0.4) is 0 Å². The number of thioether (sulfide) groups is 1. The minimum Gasteiger partial charge on any atom is -0.374 e. The number of carbonyl (C=O) groups excluding carboxylic acids is 1. The van der Waals surface area contributed by atoms with E-state index < -0.39 is 6.04 Å². The number of rotatable bonds is 4. The third-order valence-corrected chi connectivity index (χ3v) is 5.60. The maximum absolute atomic E-state index is 11.8. The van der Waals surface area contributed by atoms with Gasteiger partial charge in [0.15, 0.2) is 0 Å². The van der Waals surface area contributed by atoms with Crippen LogP contribution in [0.4, 0.5) is 0 Å². The van der Waals surface area contributed by atoms with Crippen LogP contribution in [-0.2, 0) is 9.53 Å². The second kappa shape index (κ2) is 6.38. The number of nitrogens with two attached hydrogens (primary N) is 1. The molecule has 2 fully saturated rings. The number of benzene rings is 1. The zero-order chi connectivity index (χ0) is 14.7. The molecule has 2 saturated heterocycles. The summed E-state index contributed by atoms with van der Waals surface area (Å²) < 4.78 is 6.03. The van der Waals surface area contributed by atoms with Crippen molar-refractivity contribution in [3.05, 3.63) is 35.9 Å². The van der Waals surface area contributed by atoms with Gasteiger partial charge in [0.25, 0.3) is 0 Å². The average molecular weight is 306 g/mol. The van der Waals surface area contributed by atoms with Crippen LogP contribution in [0.25, 0.3) is 0 Å². The van der Waals surface area contributed by atoms with Gasteiger partial charge in [-0.1, -0.05) is 30.3 Å². The Kier molecular flexibility index (Phi) is 4.52. The third kappa shape index (κ3) is 3.42. The van der Waals surface area contributed by atoms with E-state index in [0.717, 1.165) is 37.2 Å². The molecule has 0 aromatic heterocycles. The second-order valence-corrected chi connectivity index (χ2v) is 7.04. The summed E-state index contributed by atoms with van der Waals surface area (Å²) in [6.07, 6.45) is 3.02. The SMILES string of the molecule is NC(=O)C(NC1CCOC2(CCSC2)C1)c1ccccc1. The van der Waals surface area contributed by atoms with E-state index in [1.807, 2.05) is 42.1 Å². The van der Waals surface area contributed by atoms with Gasteiger partial charge < -0.3 is 10.5 Å². The zero-order valence-electron chi connectivity index (χ0n) is 12.1. The first-order chi connectivity index (χ1) is 10.2. The van der Waals surface area contributed by atoms with Crippen molar-refractivity contribution < 1.29 is 9.53 Å². The first-order valence-electron chi connectivity index (χ1n) is 7.51. The van der Waals surface area contributed by atoms with Gasteiger partial charge in [0.05, 0.1) is 5.60 Å². The summed E-state index contributed by atoms with van der Waals surface area (Å²) in [5, 5.41) is 3.46. The van der Waals surface area contributed by atoms with Gasteiger partial charge in [-0.05, 0) is 30.6 Å². The lowest BCUT2D eigenvalue weighted by Gasteiger charge is -2.39. The van der Waals surface area contributed by atoms with Crippen molar-refractivity contribution in [1.29, 1.82) is 0 Å². The maximum Gasteiger partial charge on any atom is 0.239 e. The highest BCUT2D eigenvalue weighted by atomic mass is 32.2. The fourth-order valence-electron chi connectivity index (χ4n) is 3.26. The topological polar surface area (TPSA) is 64.4 Å². The summed E-state index contributed by atoms with van der Waals surface area (Å²) in [7, 11) is 0. The molecule has 3 rings (SSSR count). The molecule has 0 radical (unpaired) electrons. The molecule has 2 aliphatic heterocycles. The Balaban J connectivity index is 1.70. The lowest BCUT2D eigenvalue weighted by molar-refractivity contribution is -0.121. The van der Waals surface area contributed by atoms with Crippen molar-refractivity contribution in [1.82, 2.24) is 5.32 Å². The second-order valence-electron chi connectivity index (χ2n) is 5.94. The van der Waals surface area contributed by atoms with E-state index in [0.29, 0.717) is 0 Å². The first kappa shape index (κ1) is 14.9. The molecular weight excluding hydrogens is 284 g/mol. The number of ether oxygens (including phenoxy) is 1. The molecule has 21 heavy (non-hydrogen) atoms. The lowest BCUT2D eigenvalue weighted by Crippen LogP contribution is -2.49. The maximum atomic E-state index is 11.8. The molecule has 3 atom stereocenters. The Morgan fingerprint density at radius 1 is 1.43 bits per heavy atom. The smallest absolute Gasteiger partial charge is 0.239 e. The molecule has 4 nitrogen and oxygen atoms in total. The van der Waals surface area contributed by atoms with Crippen molar-refractivity contribution in [2.45, 2.75) is 36.9 Å². The molecule has 1 spiro atoms. The number of hydrogen-bond donors (Lipinski definition) is 2. The van der Waals surface area contributed by atoms with Crippen molar-refractivity contribution in [2.75, 3.05) is 18.1 Å². The van der Waals surface area contributed by atoms with Gasteiger partial charge in [0, 0.05) is 18.4 Å². The van der Waals surface area contributed by atoms with Crippen LogP contribution >= 0.6 is 11.8 Å². The van der Waals surface area contributed by atoms with Crippen molar-refractivity contribution in [3.8, 4) is 0 Å². The van der Waals surface area contributed by atoms with E-state index in [4.69, 9.17) is 10.5 Å². The minimum absolute atomic E-state index is 0.0134. The highest BCUT2D eigenvalue weighted by Gasteiger charge is 2.41. The number of amides is 1. The lowest BCUT2D eigenvalue weighted by atomic mass is 9.89. The molecule has 3 N–H and O–H groups in total. The number of primary amides is 1. The monoisotopic (exact) mass is 306 g/mol. The Hall–Kier alpha value is -1.04. The summed E-state index contributed by atoms with van der Waals surface area (Å²) in [6.45, 7) is 0.762. The standard InChI is InChI=1S/C16H22N2O2S/c17-15(19)14(12-4-2-1-3-5-12)18-13-6-8-20-16(10-13)7-9-21-11-16/h1-5,13-14,18H,6-11H2,(H2,17,19). The van der Waals surface area contributed by atoms with Crippen LogP contribution in [0.1, 0.15) is 30.9 Å². The van der Waals surface area contributed by atoms with Gasteiger partial charge in [-0.15, -0.1) is 0 Å². The van der Waals surface area contributed by atoms with Gasteiger partial charge in [-0.3, -0.25) is 10.1 Å². The van der Waals surface area contributed by atoms with Crippen LogP contribution in [0.2, 0.25) is 0 Å².